The first-order chi connectivity index (χ1) is 13.6. The molecule has 0 spiro atoms. The molecule has 0 radical (unpaired) electrons. The van der Waals surface area contributed by atoms with Gasteiger partial charge in [-0.2, -0.15) is 0 Å². The predicted octanol–water partition coefficient (Wildman–Crippen LogP) is 6.05. The Bertz CT molecular complexity index is 955. The molecule has 2 aromatic carbocycles. The summed E-state index contributed by atoms with van der Waals surface area (Å²) in [4.78, 5) is 2.42. The molecule has 1 atom stereocenters. The molecule has 1 aliphatic heterocycles. The van der Waals surface area contributed by atoms with E-state index in [1.54, 1.807) is 12.1 Å². The molecule has 0 saturated heterocycles. The molecular formula is C25H31FN2. The maximum Gasteiger partial charge on any atom is 0.123 e. The smallest absolute Gasteiger partial charge is 0.123 e. The SMILES string of the molecule is CCCC(CCn1c2c(c3cc(C)ccc31)CN(C)CC2)c1ccc(F)cc1. The van der Waals surface area contributed by atoms with Crippen LogP contribution >= 0.6 is 0 Å². The summed E-state index contributed by atoms with van der Waals surface area (Å²) < 4.78 is 15.9. The van der Waals surface area contributed by atoms with Crippen LogP contribution in [0.3, 0.4) is 0 Å². The van der Waals surface area contributed by atoms with Crippen LogP contribution in [0.1, 0.15) is 54.5 Å². The normalized spacial score (nSPS) is 15.7. The highest BCUT2D eigenvalue weighted by atomic mass is 19.1. The van der Waals surface area contributed by atoms with Crippen LogP contribution in [0.15, 0.2) is 42.5 Å². The monoisotopic (exact) mass is 378 g/mol. The summed E-state index contributed by atoms with van der Waals surface area (Å²) in [6.45, 7) is 7.61. The van der Waals surface area contributed by atoms with Crippen LogP contribution in [0.25, 0.3) is 10.9 Å². The Labute approximate surface area is 168 Å². The van der Waals surface area contributed by atoms with Gasteiger partial charge in [0.2, 0.25) is 0 Å². The van der Waals surface area contributed by atoms with Crippen LogP contribution < -0.4 is 0 Å². The Morgan fingerprint density at radius 3 is 2.61 bits per heavy atom. The van der Waals surface area contributed by atoms with Gasteiger partial charge in [0.25, 0.3) is 0 Å². The number of likely N-dealkylation sites (N-methyl/N-ethyl adjacent to an activating group) is 1. The van der Waals surface area contributed by atoms with Gasteiger partial charge in [0, 0.05) is 42.7 Å². The number of rotatable bonds is 6. The first-order valence-electron chi connectivity index (χ1n) is 10.6. The molecule has 0 amide bonds. The van der Waals surface area contributed by atoms with Crippen molar-refractivity contribution in [3.63, 3.8) is 0 Å². The molecule has 1 unspecified atom stereocenters. The number of hydrogen-bond acceptors (Lipinski definition) is 1. The second kappa shape index (κ2) is 8.08. The fourth-order valence-electron chi connectivity index (χ4n) is 4.80. The van der Waals surface area contributed by atoms with E-state index in [9.17, 15) is 4.39 Å². The zero-order chi connectivity index (χ0) is 19.7. The van der Waals surface area contributed by atoms with Gasteiger partial charge in [-0.3, -0.25) is 0 Å². The van der Waals surface area contributed by atoms with E-state index in [4.69, 9.17) is 0 Å². The Morgan fingerprint density at radius 1 is 1.07 bits per heavy atom. The Hall–Kier alpha value is -2.13. The third kappa shape index (κ3) is 3.73. The molecular weight excluding hydrogens is 347 g/mol. The van der Waals surface area contributed by atoms with Gasteiger partial charge >= 0.3 is 0 Å². The number of aryl methyl sites for hydroxylation is 2. The second-order valence-corrected chi connectivity index (χ2v) is 8.41. The Morgan fingerprint density at radius 2 is 1.86 bits per heavy atom. The molecule has 4 rings (SSSR count). The summed E-state index contributed by atoms with van der Waals surface area (Å²) in [6, 6.07) is 14.0. The van der Waals surface area contributed by atoms with Gasteiger partial charge in [-0.25, -0.2) is 4.39 Å². The molecule has 1 aliphatic rings. The summed E-state index contributed by atoms with van der Waals surface area (Å²) in [5.74, 6) is 0.333. The summed E-state index contributed by atoms with van der Waals surface area (Å²) in [7, 11) is 2.22. The van der Waals surface area contributed by atoms with E-state index in [0.717, 1.165) is 45.3 Å². The minimum absolute atomic E-state index is 0.149. The van der Waals surface area contributed by atoms with E-state index in [-0.39, 0.29) is 5.82 Å². The van der Waals surface area contributed by atoms with Crippen molar-refractivity contribution in [1.82, 2.24) is 9.47 Å². The van der Waals surface area contributed by atoms with Crippen molar-refractivity contribution in [3.05, 3.63) is 70.7 Å². The highest BCUT2D eigenvalue weighted by molar-refractivity contribution is 5.86. The van der Waals surface area contributed by atoms with Gasteiger partial charge < -0.3 is 9.47 Å². The van der Waals surface area contributed by atoms with Crippen molar-refractivity contribution in [2.45, 2.75) is 58.5 Å². The Kier molecular flexibility index (Phi) is 5.54. The number of nitrogens with zero attached hydrogens (tertiary/aromatic N) is 2. The van der Waals surface area contributed by atoms with Gasteiger partial charge in [-0.05, 0) is 68.1 Å². The lowest BCUT2D eigenvalue weighted by Crippen LogP contribution is -2.27. The molecule has 0 N–H and O–H groups in total. The fourth-order valence-corrected chi connectivity index (χ4v) is 4.80. The maximum absolute atomic E-state index is 13.4. The van der Waals surface area contributed by atoms with Crippen LogP contribution in [0.4, 0.5) is 4.39 Å². The molecule has 3 heteroatoms. The van der Waals surface area contributed by atoms with E-state index in [1.807, 2.05) is 12.1 Å². The summed E-state index contributed by atoms with van der Waals surface area (Å²) in [6.07, 6.45) is 4.51. The van der Waals surface area contributed by atoms with Gasteiger partial charge in [0.1, 0.15) is 5.82 Å². The summed E-state index contributed by atoms with van der Waals surface area (Å²) in [5, 5.41) is 1.43. The number of fused-ring (bicyclic) bond motifs is 3. The van der Waals surface area contributed by atoms with Crippen LogP contribution in [0.5, 0.6) is 0 Å². The van der Waals surface area contributed by atoms with Crippen molar-refractivity contribution in [2.75, 3.05) is 13.6 Å². The minimum Gasteiger partial charge on any atom is -0.344 e. The minimum atomic E-state index is -0.149. The van der Waals surface area contributed by atoms with Crippen molar-refractivity contribution in [1.29, 1.82) is 0 Å². The van der Waals surface area contributed by atoms with Crippen LogP contribution in [-0.2, 0) is 19.5 Å². The molecule has 0 fully saturated rings. The lowest BCUT2D eigenvalue weighted by Gasteiger charge is -2.25. The molecule has 148 valence electrons. The van der Waals surface area contributed by atoms with E-state index in [0.29, 0.717) is 5.92 Å². The number of halogens is 1. The van der Waals surface area contributed by atoms with Crippen molar-refractivity contribution < 1.29 is 4.39 Å². The van der Waals surface area contributed by atoms with Gasteiger partial charge in [0.05, 0.1) is 0 Å². The largest absolute Gasteiger partial charge is 0.344 e. The lowest BCUT2D eigenvalue weighted by molar-refractivity contribution is 0.308. The van der Waals surface area contributed by atoms with Crippen molar-refractivity contribution in [2.24, 2.45) is 0 Å². The van der Waals surface area contributed by atoms with Gasteiger partial charge in [-0.1, -0.05) is 37.1 Å². The number of benzene rings is 2. The molecule has 0 bridgehead atoms. The average Bonchev–Trinajstić information content (AvgIpc) is 2.98. The zero-order valence-corrected chi connectivity index (χ0v) is 17.3. The molecule has 0 saturated carbocycles. The van der Waals surface area contributed by atoms with E-state index in [2.05, 4.69) is 48.6 Å². The highest BCUT2D eigenvalue weighted by Gasteiger charge is 2.23. The van der Waals surface area contributed by atoms with Gasteiger partial charge in [-0.15, -0.1) is 0 Å². The Balaban J connectivity index is 1.66. The highest BCUT2D eigenvalue weighted by Crippen LogP contribution is 2.33. The van der Waals surface area contributed by atoms with Crippen LogP contribution in [0, 0.1) is 12.7 Å². The molecule has 28 heavy (non-hydrogen) atoms. The molecule has 0 aliphatic carbocycles. The fraction of sp³-hybridized carbons (Fsp3) is 0.440. The maximum atomic E-state index is 13.4. The van der Waals surface area contributed by atoms with E-state index >= 15 is 0 Å². The first-order valence-corrected chi connectivity index (χ1v) is 10.6. The zero-order valence-electron chi connectivity index (χ0n) is 17.3. The van der Waals surface area contributed by atoms with E-state index < -0.39 is 0 Å². The van der Waals surface area contributed by atoms with E-state index in [1.165, 1.54) is 33.3 Å². The standard InChI is InChI=1S/C25H31FN2/c1-4-5-19(20-7-9-21(26)10-8-20)12-15-28-24-11-6-18(2)16-22(24)23-17-27(3)14-13-25(23)28/h6-11,16,19H,4-5,12-15,17H2,1-3H3. The third-order valence-corrected chi connectivity index (χ3v) is 6.28. The quantitative estimate of drug-likeness (QED) is 0.507. The molecule has 2 nitrogen and oxygen atoms in total. The number of aromatic nitrogens is 1. The molecule has 1 aromatic heterocycles. The molecule has 2 heterocycles. The predicted molar refractivity (Wildman–Crippen MR) is 115 cm³/mol. The van der Waals surface area contributed by atoms with Crippen LogP contribution in [-0.4, -0.2) is 23.1 Å². The van der Waals surface area contributed by atoms with Crippen LogP contribution in [0.2, 0.25) is 0 Å². The third-order valence-electron chi connectivity index (χ3n) is 6.28. The average molecular weight is 379 g/mol. The first kappa shape index (κ1) is 19.2. The number of hydrogen-bond donors (Lipinski definition) is 0. The molecule has 3 aromatic rings. The van der Waals surface area contributed by atoms with Crippen molar-refractivity contribution >= 4 is 10.9 Å². The van der Waals surface area contributed by atoms with Gasteiger partial charge in [0.15, 0.2) is 0 Å². The van der Waals surface area contributed by atoms with Crippen molar-refractivity contribution in [3.8, 4) is 0 Å². The second-order valence-electron chi connectivity index (χ2n) is 8.41. The summed E-state index contributed by atoms with van der Waals surface area (Å²) in [5.41, 5.74) is 7.01. The lowest BCUT2D eigenvalue weighted by atomic mass is 9.91. The topological polar surface area (TPSA) is 8.17 Å². The summed E-state index contributed by atoms with van der Waals surface area (Å²) >= 11 is 0.